The fourth-order valence-corrected chi connectivity index (χ4v) is 2.55. The van der Waals surface area contributed by atoms with E-state index in [2.05, 4.69) is 0 Å². The highest BCUT2D eigenvalue weighted by Gasteiger charge is 2.26. The second-order valence-corrected chi connectivity index (χ2v) is 5.26. The molecule has 0 bridgehead atoms. The summed E-state index contributed by atoms with van der Waals surface area (Å²) in [6.07, 6.45) is 0.723. The molecule has 0 aliphatic carbocycles. The van der Waals surface area contributed by atoms with Crippen LogP contribution in [0.25, 0.3) is 0 Å². The zero-order chi connectivity index (χ0) is 15.4. The van der Waals surface area contributed by atoms with E-state index in [0.29, 0.717) is 26.2 Å². The molecule has 0 unspecified atom stereocenters. The van der Waals surface area contributed by atoms with E-state index in [4.69, 9.17) is 5.11 Å². The van der Waals surface area contributed by atoms with Gasteiger partial charge in [0.2, 0.25) is 0 Å². The van der Waals surface area contributed by atoms with Crippen LogP contribution in [-0.4, -0.2) is 60.1 Å². The molecule has 0 aromatic heterocycles. The normalized spacial score (nSPS) is 16.9. The first-order valence-corrected chi connectivity index (χ1v) is 7.11. The topological polar surface area (TPSA) is 43.8 Å². The van der Waals surface area contributed by atoms with Crippen LogP contribution in [0.4, 0.5) is 8.78 Å². The van der Waals surface area contributed by atoms with Crippen LogP contribution in [0.3, 0.4) is 0 Å². The van der Waals surface area contributed by atoms with E-state index < -0.39 is 23.1 Å². The van der Waals surface area contributed by atoms with Crippen molar-refractivity contribution in [3.63, 3.8) is 0 Å². The molecule has 1 heterocycles. The van der Waals surface area contributed by atoms with E-state index in [9.17, 15) is 13.6 Å². The molecule has 0 saturated carbocycles. The van der Waals surface area contributed by atoms with Gasteiger partial charge in [-0.3, -0.25) is 9.69 Å². The molecule has 1 N–H and O–H groups in total. The van der Waals surface area contributed by atoms with Crippen LogP contribution in [0, 0.1) is 18.6 Å². The Kier molecular flexibility index (Phi) is 5.25. The summed E-state index contributed by atoms with van der Waals surface area (Å²) in [5.74, 6) is -2.20. The molecule has 4 nitrogen and oxygen atoms in total. The lowest BCUT2D eigenvalue weighted by Gasteiger charge is -2.22. The summed E-state index contributed by atoms with van der Waals surface area (Å²) >= 11 is 0. The number of halogens is 2. The lowest BCUT2D eigenvalue weighted by Crippen LogP contribution is -2.36. The van der Waals surface area contributed by atoms with Gasteiger partial charge in [-0.1, -0.05) is 6.07 Å². The van der Waals surface area contributed by atoms with Gasteiger partial charge >= 0.3 is 0 Å². The molecular formula is C15H20F2N2O2. The highest BCUT2D eigenvalue weighted by molar-refractivity contribution is 5.95. The van der Waals surface area contributed by atoms with Gasteiger partial charge in [0.25, 0.3) is 5.91 Å². The molecular weight excluding hydrogens is 278 g/mol. The largest absolute Gasteiger partial charge is 0.395 e. The van der Waals surface area contributed by atoms with Crippen LogP contribution in [0.2, 0.25) is 0 Å². The molecule has 2 rings (SSSR count). The Bertz CT molecular complexity index is 523. The summed E-state index contributed by atoms with van der Waals surface area (Å²) in [7, 11) is 0. The second-order valence-electron chi connectivity index (χ2n) is 5.26. The van der Waals surface area contributed by atoms with Crippen LogP contribution in [0.15, 0.2) is 12.1 Å². The number of nitrogens with zero attached hydrogens (tertiary/aromatic N) is 2. The highest BCUT2D eigenvalue weighted by atomic mass is 19.1. The quantitative estimate of drug-likeness (QED) is 0.918. The van der Waals surface area contributed by atoms with Crippen LogP contribution >= 0.6 is 0 Å². The fraction of sp³-hybridized carbons (Fsp3) is 0.533. The number of amides is 1. The molecule has 1 saturated heterocycles. The first kappa shape index (κ1) is 15.9. The molecule has 116 valence electrons. The lowest BCUT2D eigenvalue weighted by molar-refractivity contribution is 0.0750. The molecule has 1 aliphatic heterocycles. The van der Waals surface area contributed by atoms with Gasteiger partial charge in [0.1, 0.15) is 17.2 Å². The number of aryl methyl sites for hydroxylation is 1. The monoisotopic (exact) mass is 298 g/mol. The number of carbonyl (C=O) groups excluding carboxylic acids is 1. The van der Waals surface area contributed by atoms with Crippen molar-refractivity contribution in [3.8, 4) is 0 Å². The number of benzene rings is 1. The maximum Gasteiger partial charge on any atom is 0.259 e. The maximum absolute atomic E-state index is 14.0. The zero-order valence-corrected chi connectivity index (χ0v) is 12.1. The average Bonchev–Trinajstić information content (AvgIpc) is 2.69. The molecule has 0 atom stereocenters. The molecule has 1 amide bonds. The maximum atomic E-state index is 14.0. The van der Waals surface area contributed by atoms with Crippen molar-refractivity contribution in [2.75, 3.05) is 39.3 Å². The molecule has 1 aromatic rings. The number of aliphatic hydroxyl groups is 1. The first-order chi connectivity index (χ1) is 10.0. The van der Waals surface area contributed by atoms with Gasteiger partial charge in [-0.15, -0.1) is 0 Å². The summed E-state index contributed by atoms with van der Waals surface area (Å²) in [5, 5.41) is 8.95. The molecule has 1 aliphatic rings. The summed E-state index contributed by atoms with van der Waals surface area (Å²) in [5.41, 5.74) is -0.206. The SMILES string of the molecule is Cc1ccc(F)c(C(=O)N2CCCN(CCO)CC2)c1F. The number of rotatable bonds is 3. The van der Waals surface area contributed by atoms with E-state index in [-0.39, 0.29) is 12.2 Å². The molecule has 21 heavy (non-hydrogen) atoms. The van der Waals surface area contributed by atoms with E-state index in [1.807, 2.05) is 4.90 Å². The Labute approximate surface area is 123 Å². The Morgan fingerprint density at radius 2 is 2.00 bits per heavy atom. The van der Waals surface area contributed by atoms with Crippen LogP contribution in [0.1, 0.15) is 22.3 Å². The van der Waals surface area contributed by atoms with E-state index in [0.717, 1.165) is 19.0 Å². The number of hydrogen-bond donors (Lipinski definition) is 1. The van der Waals surface area contributed by atoms with Crippen molar-refractivity contribution >= 4 is 5.91 Å². The number of aliphatic hydroxyl groups excluding tert-OH is 1. The molecule has 6 heteroatoms. The predicted octanol–water partition coefficient (Wildman–Crippen LogP) is 1.41. The van der Waals surface area contributed by atoms with Crippen molar-refractivity contribution in [2.24, 2.45) is 0 Å². The van der Waals surface area contributed by atoms with E-state index in [1.165, 1.54) is 17.9 Å². The summed E-state index contributed by atoms with van der Waals surface area (Å²) < 4.78 is 27.8. The van der Waals surface area contributed by atoms with Crippen molar-refractivity contribution < 1.29 is 18.7 Å². The van der Waals surface area contributed by atoms with Crippen LogP contribution in [0.5, 0.6) is 0 Å². The van der Waals surface area contributed by atoms with Gasteiger partial charge in [-0.2, -0.15) is 0 Å². The Balaban J connectivity index is 2.15. The van der Waals surface area contributed by atoms with Gasteiger partial charge in [0.05, 0.1) is 6.61 Å². The van der Waals surface area contributed by atoms with Crippen molar-refractivity contribution in [1.82, 2.24) is 9.80 Å². The molecule has 1 fully saturated rings. The second kappa shape index (κ2) is 6.95. The molecule has 1 aromatic carbocycles. The minimum Gasteiger partial charge on any atom is -0.395 e. The van der Waals surface area contributed by atoms with Gasteiger partial charge < -0.3 is 10.0 Å². The molecule has 0 radical (unpaired) electrons. The van der Waals surface area contributed by atoms with Crippen molar-refractivity contribution in [2.45, 2.75) is 13.3 Å². The van der Waals surface area contributed by atoms with Crippen LogP contribution < -0.4 is 0 Å². The summed E-state index contributed by atoms with van der Waals surface area (Å²) in [6, 6.07) is 2.45. The molecule has 0 spiro atoms. The van der Waals surface area contributed by atoms with Gasteiger partial charge in [-0.05, 0) is 31.5 Å². The third kappa shape index (κ3) is 3.57. The number of carbonyl (C=O) groups is 1. The number of hydrogen-bond acceptors (Lipinski definition) is 3. The first-order valence-electron chi connectivity index (χ1n) is 7.11. The zero-order valence-electron chi connectivity index (χ0n) is 12.1. The standard InChI is InChI=1S/C15H20F2N2O2/c1-11-3-4-12(16)13(14(11)17)15(21)19-6-2-5-18(7-8-19)9-10-20/h3-4,20H,2,5-10H2,1H3. The van der Waals surface area contributed by atoms with Gasteiger partial charge in [-0.25, -0.2) is 8.78 Å². The van der Waals surface area contributed by atoms with E-state index >= 15 is 0 Å². The third-order valence-electron chi connectivity index (χ3n) is 3.79. The number of β-amino-alcohol motifs (C(OH)–C–C–N with tert-alkyl or cyclic N) is 1. The van der Waals surface area contributed by atoms with Gasteiger partial charge in [0, 0.05) is 26.2 Å². The average molecular weight is 298 g/mol. The van der Waals surface area contributed by atoms with Crippen LogP contribution in [-0.2, 0) is 0 Å². The minimum atomic E-state index is -0.820. The summed E-state index contributed by atoms with van der Waals surface area (Å²) in [6.45, 7) is 4.37. The predicted molar refractivity (Wildman–Crippen MR) is 75.1 cm³/mol. The van der Waals surface area contributed by atoms with Gasteiger partial charge in [0.15, 0.2) is 0 Å². The Morgan fingerprint density at radius 3 is 2.71 bits per heavy atom. The fourth-order valence-electron chi connectivity index (χ4n) is 2.55. The van der Waals surface area contributed by atoms with Crippen molar-refractivity contribution in [1.29, 1.82) is 0 Å². The lowest BCUT2D eigenvalue weighted by atomic mass is 10.1. The minimum absolute atomic E-state index is 0.0646. The Morgan fingerprint density at radius 1 is 1.24 bits per heavy atom. The van der Waals surface area contributed by atoms with Crippen molar-refractivity contribution in [3.05, 3.63) is 34.9 Å². The smallest absolute Gasteiger partial charge is 0.259 e. The Hall–Kier alpha value is -1.53. The summed E-state index contributed by atoms with van der Waals surface area (Å²) in [4.78, 5) is 15.9. The third-order valence-corrected chi connectivity index (χ3v) is 3.79. The highest BCUT2D eigenvalue weighted by Crippen LogP contribution is 2.19. The van der Waals surface area contributed by atoms with E-state index in [1.54, 1.807) is 0 Å².